The highest BCUT2D eigenvalue weighted by molar-refractivity contribution is 6.33. The van der Waals surface area contributed by atoms with E-state index in [9.17, 15) is 4.79 Å². The van der Waals surface area contributed by atoms with E-state index in [-0.39, 0.29) is 18.1 Å². The number of halogens is 2. The molecule has 7 heteroatoms. The van der Waals surface area contributed by atoms with Crippen LogP contribution in [0.3, 0.4) is 0 Å². The number of rotatable bonds is 5. The van der Waals surface area contributed by atoms with Crippen LogP contribution in [0.5, 0.6) is 0 Å². The van der Waals surface area contributed by atoms with Gasteiger partial charge in [-0.25, -0.2) is 0 Å². The molecule has 164 valence electrons. The minimum atomic E-state index is -0.250. The van der Waals surface area contributed by atoms with Crippen molar-refractivity contribution in [3.63, 3.8) is 0 Å². The third-order valence-corrected chi connectivity index (χ3v) is 7.27. The van der Waals surface area contributed by atoms with Gasteiger partial charge in [0.05, 0.1) is 23.5 Å². The summed E-state index contributed by atoms with van der Waals surface area (Å²) in [4.78, 5) is 20.4. The molecular weight excluding hydrogens is 433 g/mol. The molecule has 2 fully saturated rings. The lowest BCUT2D eigenvalue weighted by Gasteiger charge is -2.39. The number of carbonyl (C=O) groups excluding carboxylic acids is 1. The maximum absolute atomic E-state index is 13.8. The molecule has 1 saturated heterocycles. The van der Waals surface area contributed by atoms with Gasteiger partial charge in [0.1, 0.15) is 0 Å². The second-order valence-corrected chi connectivity index (χ2v) is 9.52. The summed E-state index contributed by atoms with van der Waals surface area (Å²) in [5.41, 5.74) is 3.13. The molecule has 2 aromatic carbocycles. The number of hydrogen-bond donors (Lipinski definition) is 0. The molecule has 0 bridgehead atoms. The van der Waals surface area contributed by atoms with Crippen molar-refractivity contribution in [1.82, 2.24) is 4.90 Å². The molecule has 2 atom stereocenters. The zero-order valence-electron chi connectivity index (χ0n) is 17.6. The van der Waals surface area contributed by atoms with Crippen LogP contribution in [-0.4, -0.2) is 55.7 Å². The summed E-state index contributed by atoms with van der Waals surface area (Å²) in [5.74, 6) is 0.139. The van der Waals surface area contributed by atoms with E-state index in [1.165, 1.54) is 18.5 Å². The summed E-state index contributed by atoms with van der Waals surface area (Å²) in [6, 6.07) is 14.2. The number of likely N-dealkylation sites (tertiary alicyclic amines) is 1. The van der Waals surface area contributed by atoms with Crippen LogP contribution in [0, 0.1) is 0 Å². The summed E-state index contributed by atoms with van der Waals surface area (Å²) < 4.78 is 5.65. The average Bonchev–Trinajstić information content (AvgIpc) is 3.55. The first-order valence-electron chi connectivity index (χ1n) is 10.9. The topological polar surface area (TPSA) is 36.0 Å². The fraction of sp³-hybridized carbons (Fsp3) is 0.458. The van der Waals surface area contributed by atoms with Gasteiger partial charge in [-0.1, -0.05) is 35.3 Å². The lowest BCUT2D eigenvalue weighted by molar-refractivity contribution is -0.123. The van der Waals surface area contributed by atoms with Crippen molar-refractivity contribution >= 4 is 40.5 Å². The third kappa shape index (κ3) is 4.17. The van der Waals surface area contributed by atoms with Gasteiger partial charge in [0, 0.05) is 49.4 Å². The summed E-state index contributed by atoms with van der Waals surface area (Å²) in [7, 11) is 1.71. The molecule has 31 heavy (non-hydrogen) atoms. The zero-order valence-corrected chi connectivity index (χ0v) is 19.1. The van der Waals surface area contributed by atoms with Gasteiger partial charge in [-0.2, -0.15) is 0 Å². The largest absolute Gasteiger partial charge is 0.380 e. The molecule has 1 saturated carbocycles. The van der Waals surface area contributed by atoms with E-state index in [0.29, 0.717) is 42.1 Å². The second kappa shape index (κ2) is 8.62. The highest BCUT2D eigenvalue weighted by atomic mass is 35.5. The number of nitrogens with zero attached hydrogens (tertiary/aromatic N) is 3. The van der Waals surface area contributed by atoms with Crippen LogP contribution in [0.25, 0.3) is 0 Å². The zero-order chi connectivity index (χ0) is 21.5. The van der Waals surface area contributed by atoms with Crippen molar-refractivity contribution in [1.29, 1.82) is 0 Å². The average molecular weight is 460 g/mol. The lowest BCUT2D eigenvalue weighted by atomic mass is 10.1. The number of ether oxygens (including phenoxy) is 1. The van der Waals surface area contributed by atoms with Gasteiger partial charge in [-0.05, 0) is 55.2 Å². The SMILES string of the molecule is CO[C@H]1C[C@@H](C(=O)N2CCN(C3CC3)c3ccccc32)N(Cc2cc(Cl)ccc2Cl)C1. The molecule has 2 aromatic rings. The normalized spacial score (nSPS) is 23.8. The van der Waals surface area contributed by atoms with Gasteiger partial charge >= 0.3 is 0 Å². The summed E-state index contributed by atoms with van der Waals surface area (Å²) in [6.45, 7) is 2.86. The molecule has 2 heterocycles. The molecule has 1 amide bonds. The molecular formula is C24H27Cl2N3O2. The van der Waals surface area contributed by atoms with E-state index < -0.39 is 0 Å². The number of anilines is 2. The Bertz CT molecular complexity index is 981. The highest BCUT2D eigenvalue weighted by Crippen LogP contribution is 2.40. The van der Waals surface area contributed by atoms with Crippen molar-refractivity contribution in [2.24, 2.45) is 0 Å². The van der Waals surface area contributed by atoms with Crippen LogP contribution in [-0.2, 0) is 16.1 Å². The summed E-state index contributed by atoms with van der Waals surface area (Å²) in [5, 5.41) is 1.31. The molecule has 0 N–H and O–H groups in total. The van der Waals surface area contributed by atoms with Crippen LogP contribution in [0.4, 0.5) is 11.4 Å². The Balaban J connectivity index is 1.41. The molecule has 0 aromatic heterocycles. The van der Waals surface area contributed by atoms with Gasteiger partial charge in [-0.15, -0.1) is 0 Å². The molecule has 0 spiro atoms. The van der Waals surface area contributed by atoms with E-state index >= 15 is 0 Å². The number of benzene rings is 2. The number of amides is 1. The fourth-order valence-corrected chi connectivity index (χ4v) is 5.28. The van der Waals surface area contributed by atoms with Gasteiger partial charge in [-0.3, -0.25) is 9.69 Å². The monoisotopic (exact) mass is 459 g/mol. The first-order chi connectivity index (χ1) is 15.0. The predicted octanol–water partition coefficient (Wildman–Crippen LogP) is 4.60. The quantitative estimate of drug-likeness (QED) is 0.654. The van der Waals surface area contributed by atoms with Gasteiger partial charge < -0.3 is 14.5 Å². The standard InChI is InChI=1S/C24H27Cl2N3O2/c1-31-19-13-23(27(15-19)14-16-12-17(25)6-9-20(16)26)24(30)29-11-10-28(18-7-8-18)21-4-2-3-5-22(21)29/h2-6,9,12,18-19,23H,7-8,10-11,13-15H2,1H3/t19-,23-/m0/s1. The minimum Gasteiger partial charge on any atom is -0.380 e. The maximum atomic E-state index is 13.8. The van der Waals surface area contributed by atoms with Crippen molar-refractivity contribution in [3.8, 4) is 0 Å². The number of para-hydroxylation sites is 2. The Morgan fingerprint density at radius 1 is 1.10 bits per heavy atom. The van der Waals surface area contributed by atoms with Crippen molar-refractivity contribution < 1.29 is 9.53 Å². The van der Waals surface area contributed by atoms with Crippen molar-refractivity contribution in [3.05, 3.63) is 58.1 Å². The Hall–Kier alpha value is -1.79. The summed E-state index contributed by atoms with van der Waals surface area (Å²) >= 11 is 12.6. The van der Waals surface area contributed by atoms with Crippen LogP contribution in [0.15, 0.2) is 42.5 Å². The molecule has 5 rings (SSSR count). The van der Waals surface area contributed by atoms with Crippen molar-refractivity contribution in [2.45, 2.75) is 44.0 Å². The Morgan fingerprint density at radius 3 is 2.61 bits per heavy atom. The smallest absolute Gasteiger partial charge is 0.244 e. The summed E-state index contributed by atoms with van der Waals surface area (Å²) in [6.07, 6.45) is 3.19. The number of hydrogen-bond acceptors (Lipinski definition) is 4. The van der Waals surface area contributed by atoms with Crippen molar-refractivity contribution in [2.75, 3.05) is 36.5 Å². The predicted molar refractivity (Wildman–Crippen MR) is 125 cm³/mol. The molecule has 1 aliphatic carbocycles. The Labute approximate surface area is 193 Å². The first kappa shape index (κ1) is 21.1. The fourth-order valence-electron chi connectivity index (χ4n) is 4.91. The minimum absolute atomic E-state index is 0.0231. The third-order valence-electron chi connectivity index (χ3n) is 6.66. The number of fused-ring (bicyclic) bond motifs is 1. The molecule has 0 unspecified atom stereocenters. The van der Waals surface area contributed by atoms with E-state index in [4.69, 9.17) is 27.9 Å². The van der Waals surface area contributed by atoms with Crippen LogP contribution in [0.1, 0.15) is 24.8 Å². The molecule has 0 radical (unpaired) electrons. The van der Waals surface area contributed by atoms with Crippen LogP contribution in [0.2, 0.25) is 10.0 Å². The highest BCUT2D eigenvalue weighted by Gasteiger charge is 2.42. The van der Waals surface area contributed by atoms with E-state index in [2.05, 4.69) is 28.0 Å². The van der Waals surface area contributed by atoms with Crippen LogP contribution >= 0.6 is 23.2 Å². The first-order valence-corrected chi connectivity index (χ1v) is 11.7. The molecule has 5 nitrogen and oxygen atoms in total. The lowest BCUT2D eigenvalue weighted by Crippen LogP contribution is -2.51. The Morgan fingerprint density at radius 2 is 1.87 bits per heavy atom. The van der Waals surface area contributed by atoms with E-state index in [0.717, 1.165) is 17.8 Å². The Kier molecular flexibility index (Phi) is 5.86. The van der Waals surface area contributed by atoms with Gasteiger partial charge in [0.25, 0.3) is 0 Å². The molecule has 2 aliphatic heterocycles. The van der Waals surface area contributed by atoms with Gasteiger partial charge in [0.15, 0.2) is 0 Å². The number of carbonyl (C=O) groups is 1. The van der Waals surface area contributed by atoms with E-state index in [1.807, 2.05) is 23.1 Å². The number of methoxy groups -OCH3 is 1. The van der Waals surface area contributed by atoms with E-state index in [1.54, 1.807) is 13.2 Å². The molecule has 3 aliphatic rings. The van der Waals surface area contributed by atoms with Crippen LogP contribution < -0.4 is 9.80 Å². The second-order valence-electron chi connectivity index (χ2n) is 8.68. The maximum Gasteiger partial charge on any atom is 0.244 e. The van der Waals surface area contributed by atoms with Gasteiger partial charge in [0.2, 0.25) is 5.91 Å².